The summed E-state index contributed by atoms with van der Waals surface area (Å²) < 4.78 is 5.03. The van der Waals surface area contributed by atoms with Crippen LogP contribution in [-0.2, 0) is 4.74 Å². The van der Waals surface area contributed by atoms with Gasteiger partial charge in [0.05, 0.1) is 6.61 Å². The van der Waals surface area contributed by atoms with Crippen LogP contribution in [0.25, 0.3) is 0 Å². The van der Waals surface area contributed by atoms with Crippen LogP contribution in [0.15, 0.2) is 18.3 Å². The van der Waals surface area contributed by atoms with Crippen LogP contribution in [0.5, 0.6) is 0 Å². The van der Waals surface area contributed by atoms with Crippen molar-refractivity contribution in [3.63, 3.8) is 0 Å². The van der Waals surface area contributed by atoms with Gasteiger partial charge in [-0.3, -0.25) is 0 Å². The average molecular weight is 263 g/mol. The predicted octanol–water partition coefficient (Wildman–Crippen LogP) is 1.94. The van der Waals surface area contributed by atoms with Crippen molar-refractivity contribution in [3.05, 3.63) is 23.9 Å². The van der Waals surface area contributed by atoms with Gasteiger partial charge in [0, 0.05) is 18.3 Å². The van der Waals surface area contributed by atoms with Gasteiger partial charge in [0.15, 0.2) is 0 Å². The number of esters is 1. The van der Waals surface area contributed by atoms with Gasteiger partial charge in [-0.25, -0.2) is 9.78 Å². The quantitative estimate of drug-likeness (QED) is 0.812. The molecular formula is C14H21N3O2. The van der Waals surface area contributed by atoms with E-state index in [1.165, 1.54) is 6.42 Å². The first-order chi connectivity index (χ1) is 9.22. The standard InChI is InChI=1S/C14H21N3O2/c1-2-19-14(18)10-6-5-9-16-13(10)17-12-8-4-3-7-11(12)15/h5-6,9,11-12H,2-4,7-8,15H2,1H3,(H,16,17). The number of nitrogens with zero attached hydrogens (tertiary/aromatic N) is 1. The summed E-state index contributed by atoms with van der Waals surface area (Å²) in [5.41, 5.74) is 6.58. The summed E-state index contributed by atoms with van der Waals surface area (Å²) in [7, 11) is 0. The van der Waals surface area contributed by atoms with E-state index in [4.69, 9.17) is 10.5 Å². The molecule has 1 aliphatic rings. The van der Waals surface area contributed by atoms with Crippen LogP contribution >= 0.6 is 0 Å². The third-order valence-corrected chi connectivity index (χ3v) is 3.44. The van der Waals surface area contributed by atoms with Crippen LogP contribution in [-0.4, -0.2) is 29.6 Å². The molecule has 1 saturated carbocycles. The van der Waals surface area contributed by atoms with Crippen LogP contribution in [0.4, 0.5) is 5.82 Å². The first-order valence-corrected chi connectivity index (χ1v) is 6.86. The van der Waals surface area contributed by atoms with Gasteiger partial charge in [-0.05, 0) is 31.9 Å². The lowest BCUT2D eigenvalue weighted by molar-refractivity contribution is 0.0527. The molecule has 1 aliphatic carbocycles. The van der Waals surface area contributed by atoms with Gasteiger partial charge in [-0.2, -0.15) is 0 Å². The Morgan fingerprint density at radius 1 is 1.53 bits per heavy atom. The fraction of sp³-hybridized carbons (Fsp3) is 0.571. The van der Waals surface area contributed by atoms with Gasteiger partial charge < -0.3 is 15.8 Å². The van der Waals surface area contributed by atoms with Gasteiger partial charge in [0.1, 0.15) is 11.4 Å². The molecule has 5 heteroatoms. The molecule has 5 nitrogen and oxygen atoms in total. The Morgan fingerprint density at radius 2 is 2.32 bits per heavy atom. The molecule has 0 aliphatic heterocycles. The molecule has 3 N–H and O–H groups in total. The summed E-state index contributed by atoms with van der Waals surface area (Å²) in [6.45, 7) is 2.15. The Bertz CT molecular complexity index is 436. The normalized spacial score (nSPS) is 22.8. The van der Waals surface area contributed by atoms with E-state index in [-0.39, 0.29) is 18.1 Å². The summed E-state index contributed by atoms with van der Waals surface area (Å²) in [5, 5.41) is 3.30. The Morgan fingerprint density at radius 3 is 3.05 bits per heavy atom. The highest BCUT2D eigenvalue weighted by Gasteiger charge is 2.24. The van der Waals surface area contributed by atoms with Crippen molar-refractivity contribution in [1.82, 2.24) is 4.98 Å². The van der Waals surface area contributed by atoms with Gasteiger partial charge in [0.25, 0.3) is 0 Å². The van der Waals surface area contributed by atoms with Crippen molar-refractivity contribution >= 4 is 11.8 Å². The van der Waals surface area contributed by atoms with Crippen LogP contribution in [0.2, 0.25) is 0 Å². The summed E-state index contributed by atoms with van der Waals surface area (Å²) in [4.78, 5) is 16.1. The number of aromatic nitrogens is 1. The molecule has 2 unspecified atom stereocenters. The van der Waals surface area contributed by atoms with Crippen LogP contribution in [0.3, 0.4) is 0 Å². The maximum absolute atomic E-state index is 11.9. The van der Waals surface area contributed by atoms with Gasteiger partial charge >= 0.3 is 5.97 Å². The minimum Gasteiger partial charge on any atom is -0.462 e. The molecule has 0 radical (unpaired) electrons. The molecular weight excluding hydrogens is 242 g/mol. The van der Waals surface area contributed by atoms with Crippen molar-refractivity contribution in [1.29, 1.82) is 0 Å². The Hall–Kier alpha value is -1.62. The fourth-order valence-corrected chi connectivity index (χ4v) is 2.41. The Kier molecular flexibility index (Phi) is 4.74. The molecule has 0 amide bonds. The molecule has 0 saturated heterocycles. The van der Waals surface area contributed by atoms with Gasteiger partial charge in [-0.15, -0.1) is 0 Å². The van der Waals surface area contributed by atoms with E-state index < -0.39 is 0 Å². The molecule has 1 aromatic rings. The van der Waals surface area contributed by atoms with E-state index in [1.54, 1.807) is 25.3 Å². The molecule has 2 rings (SSSR count). The highest BCUT2D eigenvalue weighted by atomic mass is 16.5. The Balaban J connectivity index is 2.13. The monoisotopic (exact) mass is 263 g/mol. The number of ether oxygens (including phenoxy) is 1. The van der Waals surface area contributed by atoms with E-state index in [0.717, 1.165) is 19.3 Å². The summed E-state index contributed by atoms with van der Waals surface area (Å²) >= 11 is 0. The average Bonchev–Trinajstić information content (AvgIpc) is 2.42. The number of nitrogens with one attached hydrogen (secondary N) is 1. The number of carbonyl (C=O) groups excluding carboxylic acids is 1. The topological polar surface area (TPSA) is 77.2 Å². The highest BCUT2D eigenvalue weighted by molar-refractivity contribution is 5.94. The molecule has 1 aromatic heterocycles. The van der Waals surface area contributed by atoms with Crippen molar-refractivity contribution in [2.45, 2.75) is 44.7 Å². The van der Waals surface area contributed by atoms with Crippen LogP contribution < -0.4 is 11.1 Å². The lowest BCUT2D eigenvalue weighted by Gasteiger charge is -2.30. The zero-order chi connectivity index (χ0) is 13.7. The van der Waals surface area contributed by atoms with Crippen molar-refractivity contribution in [2.24, 2.45) is 5.73 Å². The number of rotatable bonds is 4. The van der Waals surface area contributed by atoms with E-state index in [2.05, 4.69) is 10.3 Å². The predicted molar refractivity (Wildman–Crippen MR) is 74.0 cm³/mol. The number of anilines is 1. The second-order valence-electron chi connectivity index (χ2n) is 4.82. The maximum Gasteiger partial charge on any atom is 0.341 e. The number of hydrogen-bond acceptors (Lipinski definition) is 5. The lowest BCUT2D eigenvalue weighted by Crippen LogP contribution is -2.43. The van der Waals surface area contributed by atoms with E-state index >= 15 is 0 Å². The Labute approximate surface area is 113 Å². The molecule has 0 aromatic carbocycles. The molecule has 19 heavy (non-hydrogen) atoms. The minimum absolute atomic E-state index is 0.116. The summed E-state index contributed by atoms with van der Waals surface area (Å²) in [6.07, 6.45) is 6.03. The molecule has 0 spiro atoms. The third-order valence-electron chi connectivity index (χ3n) is 3.44. The molecule has 1 heterocycles. The first kappa shape index (κ1) is 13.8. The smallest absolute Gasteiger partial charge is 0.341 e. The molecule has 0 bridgehead atoms. The zero-order valence-electron chi connectivity index (χ0n) is 11.3. The maximum atomic E-state index is 11.9. The third kappa shape index (κ3) is 3.44. The second-order valence-corrected chi connectivity index (χ2v) is 4.82. The van der Waals surface area contributed by atoms with Crippen LogP contribution in [0.1, 0.15) is 43.0 Å². The number of pyridine rings is 1. The fourth-order valence-electron chi connectivity index (χ4n) is 2.41. The van der Waals surface area contributed by atoms with Gasteiger partial charge in [-0.1, -0.05) is 12.8 Å². The summed E-state index contributed by atoms with van der Waals surface area (Å²) in [6, 6.07) is 3.75. The first-order valence-electron chi connectivity index (χ1n) is 6.86. The minimum atomic E-state index is -0.345. The van der Waals surface area contributed by atoms with Crippen molar-refractivity contribution < 1.29 is 9.53 Å². The van der Waals surface area contributed by atoms with Crippen molar-refractivity contribution in [2.75, 3.05) is 11.9 Å². The van der Waals surface area contributed by atoms with Gasteiger partial charge in [0.2, 0.25) is 0 Å². The lowest BCUT2D eigenvalue weighted by atomic mass is 9.91. The van der Waals surface area contributed by atoms with E-state index in [1.807, 2.05) is 0 Å². The van der Waals surface area contributed by atoms with Crippen molar-refractivity contribution in [3.8, 4) is 0 Å². The van der Waals surface area contributed by atoms with E-state index in [0.29, 0.717) is 18.0 Å². The zero-order valence-corrected chi connectivity index (χ0v) is 11.3. The highest BCUT2D eigenvalue weighted by Crippen LogP contribution is 2.22. The van der Waals surface area contributed by atoms with E-state index in [9.17, 15) is 4.79 Å². The second kappa shape index (κ2) is 6.52. The van der Waals surface area contributed by atoms with Crippen LogP contribution in [0, 0.1) is 0 Å². The number of hydrogen-bond donors (Lipinski definition) is 2. The SMILES string of the molecule is CCOC(=O)c1cccnc1NC1CCCCC1N. The summed E-state index contributed by atoms with van der Waals surface area (Å²) in [5.74, 6) is 0.228. The number of nitrogens with two attached hydrogens (primary N) is 1. The molecule has 104 valence electrons. The molecule has 1 fully saturated rings. The number of carbonyl (C=O) groups is 1. The molecule has 2 atom stereocenters. The largest absolute Gasteiger partial charge is 0.462 e.